The van der Waals surface area contributed by atoms with Gasteiger partial charge in [0, 0.05) is 18.4 Å². The third kappa shape index (κ3) is 2.92. The van der Waals surface area contributed by atoms with E-state index in [0.717, 1.165) is 31.2 Å². The van der Waals surface area contributed by atoms with E-state index >= 15 is 0 Å². The summed E-state index contributed by atoms with van der Waals surface area (Å²) in [7, 11) is 0. The molecule has 2 nitrogen and oxygen atoms in total. The number of hydrogen-bond donors (Lipinski definition) is 1. The summed E-state index contributed by atoms with van der Waals surface area (Å²) < 4.78 is 0. The van der Waals surface area contributed by atoms with E-state index in [4.69, 9.17) is 5.73 Å². The highest BCUT2D eigenvalue weighted by Crippen LogP contribution is 2.24. The van der Waals surface area contributed by atoms with Crippen LogP contribution in [0.5, 0.6) is 0 Å². The number of rotatable bonds is 3. The van der Waals surface area contributed by atoms with Gasteiger partial charge in [0.15, 0.2) is 0 Å². The third-order valence-corrected chi connectivity index (χ3v) is 3.39. The first-order chi connectivity index (χ1) is 7.75. The van der Waals surface area contributed by atoms with Crippen LogP contribution in [0.1, 0.15) is 31.2 Å². The molecule has 0 saturated heterocycles. The van der Waals surface area contributed by atoms with Crippen molar-refractivity contribution >= 4 is 5.78 Å². The van der Waals surface area contributed by atoms with Crippen LogP contribution < -0.4 is 5.73 Å². The predicted molar refractivity (Wildman–Crippen MR) is 65.1 cm³/mol. The Labute approximate surface area is 96.8 Å². The number of nitrogens with two attached hydrogens (primary N) is 1. The van der Waals surface area contributed by atoms with E-state index in [-0.39, 0.29) is 12.0 Å². The third-order valence-electron chi connectivity index (χ3n) is 3.39. The SMILES string of the molecule is NC1CCCC(C(=O)Cc2ccccc2)C1. The monoisotopic (exact) mass is 217 g/mol. The molecule has 2 atom stereocenters. The molecule has 0 aliphatic heterocycles. The lowest BCUT2D eigenvalue weighted by Crippen LogP contribution is -2.32. The van der Waals surface area contributed by atoms with Gasteiger partial charge in [-0.25, -0.2) is 0 Å². The highest BCUT2D eigenvalue weighted by Gasteiger charge is 2.24. The van der Waals surface area contributed by atoms with E-state index in [2.05, 4.69) is 0 Å². The molecule has 0 amide bonds. The summed E-state index contributed by atoms with van der Waals surface area (Å²) in [4.78, 5) is 12.1. The molecule has 0 radical (unpaired) electrons. The Morgan fingerprint density at radius 2 is 2.00 bits per heavy atom. The topological polar surface area (TPSA) is 43.1 Å². The summed E-state index contributed by atoms with van der Waals surface area (Å²) >= 11 is 0. The van der Waals surface area contributed by atoms with Crippen molar-refractivity contribution in [1.82, 2.24) is 0 Å². The Bertz CT molecular complexity index is 347. The fraction of sp³-hybridized carbons (Fsp3) is 0.500. The molecule has 16 heavy (non-hydrogen) atoms. The van der Waals surface area contributed by atoms with E-state index in [1.165, 1.54) is 0 Å². The van der Waals surface area contributed by atoms with Crippen molar-refractivity contribution in [2.45, 2.75) is 38.1 Å². The lowest BCUT2D eigenvalue weighted by molar-refractivity contribution is -0.123. The van der Waals surface area contributed by atoms with Gasteiger partial charge >= 0.3 is 0 Å². The number of hydrogen-bond acceptors (Lipinski definition) is 2. The number of ketones is 1. The fourth-order valence-corrected chi connectivity index (χ4v) is 2.46. The standard InChI is InChI=1S/C14H19NO/c15-13-8-4-7-12(10-13)14(16)9-11-5-2-1-3-6-11/h1-3,5-6,12-13H,4,7-10,15H2. The van der Waals surface area contributed by atoms with Gasteiger partial charge in [0.25, 0.3) is 0 Å². The molecule has 0 aromatic heterocycles. The number of benzene rings is 1. The van der Waals surface area contributed by atoms with Crippen LogP contribution in [0.2, 0.25) is 0 Å². The maximum atomic E-state index is 12.1. The smallest absolute Gasteiger partial charge is 0.140 e. The normalized spacial score (nSPS) is 25.3. The molecular formula is C14H19NO. The van der Waals surface area contributed by atoms with Gasteiger partial charge < -0.3 is 5.73 Å². The first-order valence-corrected chi connectivity index (χ1v) is 6.08. The zero-order chi connectivity index (χ0) is 11.4. The minimum absolute atomic E-state index is 0.198. The van der Waals surface area contributed by atoms with Gasteiger partial charge in [-0.05, 0) is 24.8 Å². The van der Waals surface area contributed by atoms with Gasteiger partial charge in [0.2, 0.25) is 0 Å². The summed E-state index contributed by atoms with van der Waals surface area (Å²) in [5.41, 5.74) is 7.02. The zero-order valence-electron chi connectivity index (χ0n) is 9.56. The average Bonchev–Trinajstić information content (AvgIpc) is 2.30. The maximum absolute atomic E-state index is 12.1. The van der Waals surface area contributed by atoms with Crippen LogP contribution in [0, 0.1) is 5.92 Å². The lowest BCUT2D eigenvalue weighted by Gasteiger charge is -2.25. The number of Topliss-reactive ketones (excluding diaryl/α,β-unsaturated/α-hetero) is 1. The zero-order valence-corrected chi connectivity index (χ0v) is 9.56. The molecule has 1 aromatic rings. The largest absolute Gasteiger partial charge is 0.328 e. The fourth-order valence-electron chi connectivity index (χ4n) is 2.46. The maximum Gasteiger partial charge on any atom is 0.140 e. The van der Waals surface area contributed by atoms with Crippen LogP contribution in [0.15, 0.2) is 30.3 Å². The van der Waals surface area contributed by atoms with Crippen LogP contribution in [0.3, 0.4) is 0 Å². The lowest BCUT2D eigenvalue weighted by atomic mass is 9.82. The first kappa shape index (κ1) is 11.3. The number of carbonyl (C=O) groups excluding carboxylic acids is 1. The highest BCUT2D eigenvalue weighted by atomic mass is 16.1. The van der Waals surface area contributed by atoms with Gasteiger partial charge in [-0.1, -0.05) is 36.8 Å². The minimum atomic E-state index is 0.198. The summed E-state index contributed by atoms with van der Waals surface area (Å²) in [5, 5.41) is 0. The molecule has 2 rings (SSSR count). The second-order valence-corrected chi connectivity index (χ2v) is 4.75. The van der Waals surface area contributed by atoms with Gasteiger partial charge in [-0.2, -0.15) is 0 Å². The minimum Gasteiger partial charge on any atom is -0.328 e. The van der Waals surface area contributed by atoms with Crippen molar-refractivity contribution < 1.29 is 4.79 Å². The van der Waals surface area contributed by atoms with Gasteiger partial charge in [0.1, 0.15) is 5.78 Å². The van der Waals surface area contributed by atoms with Crippen LogP contribution >= 0.6 is 0 Å². The summed E-state index contributed by atoms with van der Waals surface area (Å²) in [6, 6.07) is 10.2. The molecule has 2 heteroatoms. The molecule has 86 valence electrons. The van der Waals surface area contributed by atoms with E-state index in [0.29, 0.717) is 12.2 Å². The van der Waals surface area contributed by atoms with Crippen LogP contribution in [0.25, 0.3) is 0 Å². The molecule has 0 heterocycles. The summed E-state index contributed by atoms with van der Waals surface area (Å²) in [6.07, 6.45) is 4.66. The van der Waals surface area contributed by atoms with Gasteiger partial charge in [-0.3, -0.25) is 4.79 Å². The van der Waals surface area contributed by atoms with Crippen molar-refractivity contribution in [3.63, 3.8) is 0 Å². The Hall–Kier alpha value is -1.15. The second kappa shape index (κ2) is 5.26. The Morgan fingerprint density at radius 3 is 2.69 bits per heavy atom. The summed E-state index contributed by atoms with van der Waals surface area (Å²) in [6.45, 7) is 0. The molecule has 1 saturated carbocycles. The van der Waals surface area contributed by atoms with Crippen molar-refractivity contribution in [1.29, 1.82) is 0 Å². The van der Waals surface area contributed by atoms with E-state index in [1.807, 2.05) is 30.3 Å². The molecule has 0 bridgehead atoms. The Balaban J connectivity index is 1.93. The highest BCUT2D eigenvalue weighted by molar-refractivity contribution is 5.83. The number of carbonyl (C=O) groups is 1. The second-order valence-electron chi connectivity index (χ2n) is 4.75. The van der Waals surface area contributed by atoms with Crippen LogP contribution in [0.4, 0.5) is 0 Å². The molecule has 1 aromatic carbocycles. The molecule has 1 aliphatic rings. The van der Waals surface area contributed by atoms with E-state index in [1.54, 1.807) is 0 Å². The molecule has 2 unspecified atom stereocenters. The quantitative estimate of drug-likeness (QED) is 0.844. The van der Waals surface area contributed by atoms with Crippen molar-refractivity contribution in [3.8, 4) is 0 Å². The van der Waals surface area contributed by atoms with Crippen LogP contribution in [-0.2, 0) is 11.2 Å². The Kier molecular flexibility index (Phi) is 3.73. The molecule has 1 aliphatic carbocycles. The predicted octanol–water partition coefficient (Wildman–Crippen LogP) is 2.32. The van der Waals surface area contributed by atoms with Crippen molar-refractivity contribution in [3.05, 3.63) is 35.9 Å². The molecule has 0 spiro atoms. The molecule has 2 N–H and O–H groups in total. The molecular weight excluding hydrogens is 198 g/mol. The first-order valence-electron chi connectivity index (χ1n) is 6.08. The van der Waals surface area contributed by atoms with E-state index < -0.39 is 0 Å². The Morgan fingerprint density at radius 1 is 1.25 bits per heavy atom. The van der Waals surface area contributed by atoms with Gasteiger partial charge in [0.05, 0.1) is 0 Å². The van der Waals surface area contributed by atoms with E-state index in [9.17, 15) is 4.79 Å². The molecule has 1 fully saturated rings. The van der Waals surface area contributed by atoms with Crippen molar-refractivity contribution in [2.24, 2.45) is 11.7 Å². The van der Waals surface area contributed by atoms with Gasteiger partial charge in [-0.15, -0.1) is 0 Å². The summed E-state index contributed by atoms with van der Waals surface area (Å²) in [5.74, 6) is 0.560. The average molecular weight is 217 g/mol. The van der Waals surface area contributed by atoms with Crippen LogP contribution in [-0.4, -0.2) is 11.8 Å². The van der Waals surface area contributed by atoms with Crippen molar-refractivity contribution in [2.75, 3.05) is 0 Å².